The number of rotatable bonds is 5. The molecule has 0 radical (unpaired) electrons. The Kier molecular flexibility index (Phi) is 5.68. The van der Waals surface area contributed by atoms with Crippen molar-refractivity contribution in [2.45, 2.75) is 25.0 Å². The van der Waals surface area contributed by atoms with Crippen LogP contribution < -0.4 is 11.1 Å². The zero-order valence-electron chi connectivity index (χ0n) is 17.5. The monoisotopic (exact) mass is 426 g/mol. The lowest BCUT2D eigenvalue weighted by Crippen LogP contribution is -2.53. The Hall–Kier alpha value is -2.97. The van der Waals surface area contributed by atoms with Gasteiger partial charge in [-0.25, -0.2) is 4.39 Å². The third-order valence-corrected chi connectivity index (χ3v) is 6.10. The molecule has 164 valence electrons. The smallest absolute Gasteiger partial charge is 0.254 e. The van der Waals surface area contributed by atoms with Crippen molar-refractivity contribution in [3.8, 4) is 11.1 Å². The number of nitrogens with one attached hydrogen (secondary N) is 1. The van der Waals surface area contributed by atoms with E-state index in [-0.39, 0.29) is 17.4 Å². The summed E-state index contributed by atoms with van der Waals surface area (Å²) >= 11 is 0. The van der Waals surface area contributed by atoms with E-state index in [1.54, 1.807) is 29.0 Å². The van der Waals surface area contributed by atoms with E-state index in [1.165, 1.54) is 6.07 Å². The molecule has 2 aromatic rings. The average Bonchev–Trinajstić information content (AvgIpc) is 3.56. The van der Waals surface area contributed by atoms with Crippen molar-refractivity contribution >= 4 is 17.5 Å². The van der Waals surface area contributed by atoms with Gasteiger partial charge in [0.2, 0.25) is 0 Å². The molecule has 1 saturated heterocycles. The number of anilines is 1. The summed E-state index contributed by atoms with van der Waals surface area (Å²) in [5.74, 6) is -0.994. The van der Waals surface area contributed by atoms with Gasteiger partial charge < -0.3 is 26.0 Å². The first-order valence-electron chi connectivity index (χ1n) is 10.5. The molecule has 2 amide bonds. The minimum Gasteiger partial charge on any atom is -0.388 e. The lowest BCUT2D eigenvalue weighted by molar-refractivity contribution is -0.143. The minimum absolute atomic E-state index is 0.253. The van der Waals surface area contributed by atoms with Gasteiger partial charge in [0.05, 0.1) is 0 Å². The molecule has 1 aliphatic heterocycles. The second kappa shape index (κ2) is 8.28. The molecule has 8 heteroatoms. The largest absolute Gasteiger partial charge is 0.388 e. The second-order valence-corrected chi connectivity index (χ2v) is 8.14. The van der Waals surface area contributed by atoms with Gasteiger partial charge in [-0.05, 0) is 42.2 Å². The van der Waals surface area contributed by atoms with Crippen LogP contribution in [0, 0.1) is 5.82 Å². The van der Waals surface area contributed by atoms with Gasteiger partial charge in [0.25, 0.3) is 11.8 Å². The van der Waals surface area contributed by atoms with Crippen molar-refractivity contribution in [1.82, 2.24) is 9.80 Å². The van der Waals surface area contributed by atoms with Gasteiger partial charge in [-0.3, -0.25) is 9.59 Å². The number of hydrogen-bond donors (Lipinski definition) is 3. The number of aliphatic hydroxyl groups is 1. The van der Waals surface area contributed by atoms with Crippen molar-refractivity contribution in [2.24, 2.45) is 5.73 Å². The number of nitrogens with two attached hydrogens (primary N) is 1. The maximum Gasteiger partial charge on any atom is 0.254 e. The Morgan fingerprint density at radius 1 is 1.10 bits per heavy atom. The molecule has 0 unspecified atom stereocenters. The highest BCUT2D eigenvalue weighted by molar-refractivity contribution is 5.95. The van der Waals surface area contributed by atoms with Crippen LogP contribution in [0.5, 0.6) is 0 Å². The predicted molar refractivity (Wildman–Crippen MR) is 116 cm³/mol. The normalized spacial score (nSPS) is 17.4. The van der Waals surface area contributed by atoms with E-state index in [1.807, 2.05) is 18.2 Å². The Balaban J connectivity index is 1.46. The molecule has 7 nitrogen and oxygen atoms in total. The van der Waals surface area contributed by atoms with E-state index in [2.05, 4.69) is 5.32 Å². The summed E-state index contributed by atoms with van der Waals surface area (Å²) in [5.41, 5.74) is 7.68. The topological polar surface area (TPSA) is 98.9 Å². The van der Waals surface area contributed by atoms with E-state index < -0.39 is 11.4 Å². The summed E-state index contributed by atoms with van der Waals surface area (Å²) in [5, 5.41) is 13.1. The Labute approximate surface area is 180 Å². The van der Waals surface area contributed by atoms with Crippen LogP contribution in [0.1, 0.15) is 28.8 Å². The lowest BCUT2D eigenvalue weighted by Gasteiger charge is -2.35. The third-order valence-electron chi connectivity index (χ3n) is 6.10. The van der Waals surface area contributed by atoms with E-state index in [9.17, 15) is 19.1 Å². The maximum absolute atomic E-state index is 14.9. The molecule has 4 N–H and O–H groups in total. The van der Waals surface area contributed by atoms with Crippen LogP contribution in [0.15, 0.2) is 36.4 Å². The molecule has 4 rings (SSSR count). The molecule has 1 aliphatic carbocycles. The second-order valence-electron chi connectivity index (χ2n) is 8.14. The van der Waals surface area contributed by atoms with Crippen LogP contribution in [0.4, 0.5) is 10.1 Å². The highest BCUT2D eigenvalue weighted by atomic mass is 19.1. The van der Waals surface area contributed by atoms with Gasteiger partial charge >= 0.3 is 0 Å². The SMILES string of the molecule is CNc1cc(-c2ccc(C(=O)N3CCN(C(=O)C4(O)CC4)CC3)cc2F)ccc1CN. The number of piperazine rings is 1. The molecule has 1 saturated carbocycles. The van der Waals surface area contributed by atoms with Crippen molar-refractivity contribution in [3.63, 3.8) is 0 Å². The van der Waals surface area contributed by atoms with Gasteiger partial charge in [0.15, 0.2) is 0 Å². The summed E-state index contributed by atoms with van der Waals surface area (Å²) in [6.45, 7) is 1.83. The Morgan fingerprint density at radius 2 is 1.77 bits per heavy atom. The first-order valence-corrected chi connectivity index (χ1v) is 10.5. The molecular formula is C23H27FN4O3. The molecular weight excluding hydrogens is 399 g/mol. The lowest BCUT2D eigenvalue weighted by atomic mass is 10.00. The maximum atomic E-state index is 14.9. The average molecular weight is 426 g/mol. The number of carbonyl (C=O) groups excluding carboxylic acids is 2. The fraction of sp³-hybridized carbons (Fsp3) is 0.391. The highest BCUT2D eigenvalue weighted by Gasteiger charge is 2.50. The molecule has 2 aromatic carbocycles. The van der Waals surface area contributed by atoms with Crippen molar-refractivity contribution in [1.29, 1.82) is 0 Å². The van der Waals surface area contributed by atoms with Crippen LogP contribution >= 0.6 is 0 Å². The third kappa shape index (κ3) is 4.13. The highest BCUT2D eigenvalue weighted by Crippen LogP contribution is 2.37. The van der Waals surface area contributed by atoms with Crippen LogP contribution in [0.25, 0.3) is 11.1 Å². The summed E-state index contributed by atoms with van der Waals surface area (Å²) in [7, 11) is 1.79. The first kappa shape index (κ1) is 21.3. The van der Waals surface area contributed by atoms with Crippen molar-refractivity contribution in [2.75, 3.05) is 38.5 Å². The number of carbonyl (C=O) groups is 2. The standard InChI is InChI=1S/C23H27FN4O3/c1-26-20-13-15(2-3-17(20)14-25)18-5-4-16(12-19(18)24)21(29)27-8-10-28(11-9-27)22(30)23(31)6-7-23/h2-5,12-13,26,31H,6-11,14,25H2,1H3. The predicted octanol–water partition coefficient (Wildman–Crippen LogP) is 1.80. The molecule has 0 atom stereocenters. The number of nitrogens with zero attached hydrogens (tertiary/aromatic N) is 2. The number of hydrogen-bond acceptors (Lipinski definition) is 5. The number of benzene rings is 2. The summed E-state index contributed by atoms with van der Waals surface area (Å²) in [6, 6.07) is 10.0. The van der Waals surface area contributed by atoms with Crippen molar-refractivity contribution in [3.05, 3.63) is 53.3 Å². The number of amides is 2. The summed E-state index contributed by atoms with van der Waals surface area (Å²) in [6.07, 6.45) is 1.00. The zero-order chi connectivity index (χ0) is 22.2. The van der Waals surface area contributed by atoms with Gasteiger partial charge in [-0.1, -0.05) is 18.2 Å². The summed E-state index contributed by atoms with van der Waals surface area (Å²) in [4.78, 5) is 28.3. The molecule has 2 fully saturated rings. The van der Waals surface area contributed by atoms with E-state index in [4.69, 9.17) is 5.73 Å². The Morgan fingerprint density at radius 3 is 2.35 bits per heavy atom. The quantitative estimate of drug-likeness (QED) is 0.677. The minimum atomic E-state index is -1.19. The van der Waals surface area contributed by atoms with Gasteiger partial charge in [0, 0.05) is 56.6 Å². The molecule has 0 aromatic heterocycles. The van der Waals surface area contributed by atoms with E-state index in [0.717, 1.165) is 11.3 Å². The number of halogens is 1. The fourth-order valence-electron chi connectivity index (χ4n) is 3.96. The van der Waals surface area contributed by atoms with Crippen molar-refractivity contribution < 1.29 is 19.1 Å². The van der Waals surface area contributed by atoms with E-state index >= 15 is 0 Å². The summed E-state index contributed by atoms with van der Waals surface area (Å²) < 4.78 is 14.9. The molecule has 0 spiro atoms. The molecule has 0 bridgehead atoms. The molecule has 2 aliphatic rings. The van der Waals surface area contributed by atoms with Gasteiger partial charge in [0.1, 0.15) is 11.4 Å². The van der Waals surface area contributed by atoms with Crippen LogP contribution in [-0.2, 0) is 11.3 Å². The van der Waals surface area contributed by atoms with E-state index in [0.29, 0.717) is 56.7 Å². The van der Waals surface area contributed by atoms with Gasteiger partial charge in [-0.2, -0.15) is 0 Å². The molecule has 1 heterocycles. The van der Waals surface area contributed by atoms with Crippen LogP contribution in [-0.4, -0.2) is 65.5 Å². The van der Waals surface area contributed by atoms with Crippen LogP contribution in [0.2, 0.25) is 0 Å². The van der Waals surface area contributed by atoms with Gasteiger partial charge in [-0.15, -0.1) is 0 Å². The Bertz CT molecular complexity index is 1010. The molecule has 31 heavy (non-hydrogen) atoms. The van der Waals surface area contributed by atoms with Crippen LogP contribution in [0.3, 0.4) is 0 Å². The first-order chi connectivity index (χ1) is 14.9. The fourth-order valence-corrected chi connectivity index (χ4v) is 3.96. The zero-order valence-corrected chi connectivity index (χ0v) is 17.5.